The number of aromatic nitrogens is 1. The number of hydrogen-bond donors (Lipinski definition) is 2. The van der Waals surface area contributed by atoms with Gasteiger partial charge in [-0.2, -0.15) is 0 Å². The van der Waals surface area contributed by atoms with E-state index in [1.807, 2.05) is 24.9 Å². The van der Waals surface area contributed by atoms with E-state index in [1.54, 1.807) is 6.20 Å². The molecule has 0 radical (unpaired) electrons. The summed E-state index contributed by atoms with van der Waals surface area (Å²) in [7, 11) is 1.96. The third-order valence-electron chi connectivity index (χ3n) is 2.52. The highest BCUT2D eigenvalue weighted by atomic mass is 15.2. The lowest BCUT2D eigenvalue weighted by atomic mass is 10.1. The standard InChI is InChI=1S/C11H18N4/c1-7(2)15(4)11-9(10(12)13)8(3)5-6-14-11/h5-7H,1-4H3,(H3,12,13). The Morgan fingerprint density at radius 1 is 1.53 bits per heavy atom. The Morgan fingerprint density at radius 2 is 2.13 bits per heavy atom. The second-order valence-corrected chi connectivity index (χ2v) is 3.94. The summed E-state index contributed by atoms with van der Waals surface area (Å²) in [4.78, 5) is 6.30. The molecule has 0 atom stereocenters. The number of amidine groups is 1. The Bertz CT molecular complexity index is 371. The van der Waals surface area contributed by atoms with Crippen LogP contribution >= 0.6 is 0 Å². The molecule has 4 heteroatoms. The summed E-state index contributed by atoms with van der Waals surface area (Å²) < 4.78 is 0. The Hall–Kier alpha value is -1.58. The molecule has 0 aliphatic carbocycles. The molecule has 4 nitrogen and oxygen atoms in total. The molecule has 0 saturated carbocycles. The van der Waals surface area contributed by atoms with Gasteiger partial charge in [0.2, 0.25) is 0 Å². The zero-order valence-electron chi connectivity index (χ0n) is 9.70. The summed E-state index contributed by atoms with van der Waals surface area (Å²) in [5.74, 6) is 0.848. The summed E-state index contributed by atoms with van der Waals surface area (Å²) in [6.07, 6.45) is 1.75. The van der Waals surface area contributed by atoms with Gasteiger partial charge in [-0.05, 0) is 32.4 Å². The summed E-state index contributed by atoms with van der Waals surface area (Å²) in [6.45, 7) is 6.10. The minimum absolute atomic E-state index is 0.0723. The smallest absolute Gasteiger partial charge is 0.139 e. The predicted octanol–water partition coefficient (Wildman–Crippen LogP) is 1.52. The SMILES string of the molecule is Cc1ccnc(N(C)C(C)C)c1C(=N)N. The first-order valence-electron chi connectivity index (χ1n) is 4.98. The quantitative estimate of drug-likeness (QED) is 0.582. The second-order valence-electron chi connectivity index (χ2n) is 3.94. The van der Waals surface area contributed by atoms with Crippen LogP contribution < -0.4 is 10.6 Å². The van der Waals surface area contributed by atoms with Gasteiger partial charge in [0.1, 0.15) is 11.7 Å². The number of rotatable bonds is 3. The van der Waals surface area contributed by atoms with Gasteiger partial charge in [-0.1, -0.05) is 0 Å². The molecule has 0 aliphatic rings. The van der Waals surface area contributed by atoms with Gasteiger partial charge in [0.25, 0.3) is 0 Å². The van der Waals surface area contributed by atoms with E-state index in [0.717, 1.165) is 16.9 Å². The minimum Gasteiger partial charge on any atom is -0.384 e. The molecule has 82 valence electrons. The molecule has 0 amide bonds. The second kappa shape index (κ2) is 4.29. The Kier molecular flexibility index (Phi) is 3.29. The van der Waals surface area contributed by atoms with Gasteiger partial charge in [-0.25, -0.2) is 4.98 Å². The summed E-state index contributed by atoms with van der Waals surface area (Å²) >= 11 is 0. The van der Waals surface area contributed by atoms with Crippen LogP contribution in [0.3, 0.4) is 0 Å². The fraction of sp³-hybridized carbons (Fsp3) is 0.455. The summed E-state index contributed by atoms with van der Waals surface area (Å²) in [5.41, 5.74) is 7.29. The number of nitrogen functional groups attached to an aromatic ring is 1. The fourth-order valence-electron chi connectivity index (χ4n) is 1.39. The number of nitrogens with zero attached hydrogens (tertiary/aromatic N) is 2. The highest BCUT2D eigenvalue weighted by molar-refractivity contribution is 6.00. The molecule has 1 aromatic heterocycles. The molecule has 3 N–H and O–H groups in total. The van der Waals surface area contributed by atoms with Crippen LogP contribution in [0.5, 0.6) is 0 Å². The van der Waals surface area contributed by atoms with Gasteiger partial charge < -0.3 is 10.6 Å². The van der Waals surface area contributed by atoms with Crippen LogP contribution in [0.4, 0.5) is 5.82 Å². The van der Waals surface area contributed by atoms with E-state index < -0.39 is 0 Å². The van der Waals surface area contributed by atoms with Gasteiger partial charge in [-0.15, -0.1) is 0 Å². The van der Waals surface area contributed by atoms with Gasteiger partial charge >= 0.3 is 0 Å². The van der Waals surface area contributed by atoms with E-state index in [-0.39, 0.29) is 5.84 Å². The molecule has 0 aromatic carbocycles. The van der Waals surface area contributed by atoms with Crippen molar-refractivity contribution in [1.29, 1.82) is 5.41 Å². The first-order valence-corrected chi connectivity index (χ1v) is 4.98. The number of pyridine rings is 1. The highest BCUT2D eigenvalue weighted by Crippen LogP contribution is 2.20. The van der Waals surface area contributed by atoms with Crippen molar-refractivity contribution in [2.24, 2.45) is 5.73 Å². The average Bonchev–Trinajstić information content (AvgIpc) is 2.15. The van der Waals surface area contributed by atoms with Crippen molar-refractivity contribution >= 4 is 11.7 Å². The van der Waals surface area contributed by atoms with Crippen LogP contribution in [-0.4, -0.2) is 23.9 Å². The molecule has 1 rings (SSSR count). The van der Waals surface area contributed by atoms with E-state index in [1.165, 1.54) is 0 Å². The zero-order valence-corrected chi connectivity index (χ0v) is 9.70. The Morgan fingerprint density at radius 3 is 2.60 bits per heavy atom. The molecule has 1 heterocycles. The molecular weight excluding hydrogens is 188 g/mol. The van der Waals surface area contributed by atoms with Crippen LogP contribution in [0.25, 0.3) is 0 Å². The molecule has 1 aromatic rings. The third-order valence-corrected chi connectivity index (χ3v) is 2.52. The number of hydrogen-bond acceptors (Lipinski definition) is 3. The van der Waals surface area contributed by atoms with Gasteiger partial charge in [0.05, 0.1) is 5.56 Å². The lowest BCUT2D eigenvalue weighted by Gasteiger charge is -2.25. The van der Waals surface area contributed by atoms with Crippen LogP contribution in [0.2, 0.25) is 0 Å². The zero-order chi connectivity index (χ0) is 11.6. The first-order chi connectivity index (χ1) is 6.95. The van der Waals surface area contributed by atoms with Crippen molar-refractivity contribution < 1.29 is 0 Å². The normalized spacial score (nSPS) is 10.5. The van der Waals surface area contributed by atoms with Gasteiger partial charge in [-0.3, -0.25) is 5.41 Å². The maximum atomic E-state index is 7.56. The van der Waals surface area contributed by atoms with Crippen molar-refractivity contribution in [3.63, 3.8) is 0 Å². The van der Waals surface area contributed by atoms with E-state index in [9.17, 15) is 0 Å². The highest BCUT2D eigenvalue weighted by Gasteiger charge is 2.15. The maximum absolute atomic E-state index is 7.56. The molecule has 0 spiro atoms. The minimum atomic E-state index is 0.0723. The van der Waals surface area contributed by atoms with E-state index >= 15 is 0 Å². The Balaban J connectivity index is 3.29. The molecule has 0 unspecified atom stereocenters. The molecule has 15 heavy (non-hydrogen) atoms. The number of aryl methyl sites for hydroxylation is 1. The van der Waals surface area contributed by atoms with Gasteiger partial charge in [0, 0.05) is 19.3 Å². The number of nitrogens with two attached hydrogens (primary N) is 1. The lowest BCUT2D eigenvalue weighted by Crippen LogP contribution is -2.30. The van der Waals surface area contributed by atoms with Crippen LogP contribution in [-0.2, 0) is 0 Å². The topological polar surface area (TPSA) is 66.0 Å². The largest absolute Gasteiger partial charge is 0.384 e. The van der Waals surface area contributed by atoms with E-state index in [4.69, 9.17) is 11.1 Å². The summed E-state index contributed by atoms with van der Waals surface area (Å²) in [6, 6.07) is 2.20. The van der Waals surface area contributed by atoms with Crippen molar-refractivity contribution in [1.82, 2.24) is 4.98 Å². The molecule has 0 fully saturated rings. The van der Waals surface area contributed by atoms with Crippen molar-refractivity contribution in [2.45, 2.75) is 26.8 Å². The maximum Gasteiger partial charge on any atom is 0.139 e. The van der Waals surface area contributed by atoms with Crippen LogP contribution in [0.15, 0.2) is 12.3 Å². The fourth-order valence-corrected chi connectivity index (χ4v) is 1.39. The van der Waals surface area contributed by atoms with Crippen molar-refractivity contribution in [2.75, 3.05) is 11.9 Å². The molecule has 0 saturated heterocycles. The predicted molar refractivity (Wildman–Crippen MR) is 63.5 cm³/mol. The van der Waals surface area contributed by atoms with Gasteiger partial charge in [0.15, 0.2) is 0 Å². The van der Waals surface area contributed by atoms with Crippen molar-refractivity contribution in [3.05, 3.63) is 23.4 Å². The number of nitrogens with one attached hydrogen (secondary N) is 1. The first kappa shape index (κ1) is 11.5. The summed E-state index contributed by atoms with van der Waals surface area (Å²) in [5, 5.41) is 7.56. The molecular formula is C11H18N4. The lowest BCUT2D eigenvalue weighted by molar-refractivity contribution is 0.742. The molecule has 0 aliphatic heterocycles. The van der Waals surface area contributed by atoms with Crippen LogP contribution in [0.1, 0.15) is 25.0 Å². The molecule has 0 bridgehead atoms. The van der Waals surface area contributed by atoms with E-state index in [0.29, 0.717) is 6.04 Å². The monoisotopic (exact) mass is 206 g/mol. The van der Waals surface area contributed by atoms with E-state index in [2.05, 4.69) is 18.8 Å². The Labute approximate surface area is 90.6 Å². The third kappa shape index (κ3) is 2.26. The number of anilines is 1. The van der Waals surface area contributed by atoms with Crippen LogP contribution in [0, 0.1) is 12.3 Å². The van der Waals surface area contributed by atoms with Crippen molar-refractivity contribution in [3.8, 4) is 0 Å². The average molecular weight is 206 g/mol.